The van der Waals surface area contributed by atoms with Crippen LogP contribution in [-0.2, 0) is 0 Å². The van der Waals surface area contributed by atoms with E-state index >= 15 is 0 Å². The van der Waals surface area contributed by atoms with Crippen LogP contribution in [0.1, 0.15) is 42.1 Å². The van der Waals surface area contributed by atoms with Crippen molar-refractivity contribution < 1.29 is 0 Å². The zero-order chi connectivity index (χ0) is 9.30. The lowest BCUT2D eigenvalue weighted by atomic mass is 9.99. The Balaban J connectivity index is 3.27. The van der Waals surface area contributed by atoms with Gasteiger partial charge in [0.2, 0.25) is 0 Å². The Morgan fingerprint density at radius 3 is 2.17 bits per heavy atom. The van der Waals surface area contributed by atoms with E-state index in [2.05, 4.69) is 39.6 Å². The van der Waals surface area contributed by atoms with Gasteiger partial charge in [-0.15, -0.1) is 0 Å². The van der Waals surface area contributed by atoms with Crippen LogP contribution < -0.4 is 0 Å². The SMILES string of the molecule is Cc1cnc(C(C)C)c(C)c1C. The molecule has 0 saturated heterocycles. The topological polar surface area (TPSA) is 12.9 Å². The molecule has 0 saturated carbocycles. The third-order valence-corrected chi connectivity index (χ3v) is 2.48. The predicted molar refractivity (Wildman–Crippen MR) is 52.5 cm³/mol. The maximum atomic E-state index is 4.44. The molecule has 0 aliphatic rings. The van der Waals surface area contributed by atoms with Crippen LogP contribution in [0, 0.1) is 20.8 Å². The number of rotatable bonds is 1. The molecule has 1 nitrogen and oxygen atoms in total. The van der Waals surface area contributed by atoms with Crippen molar-refractivity contribution in [2.24, 2.45) is 0 Å². The van der Waals surface area contributed by atoms with Gasteiger partial charge in [0.05, 0.1) is 0 Å². The molecule has 0 unspecified atom stereocenters. The minimum absolute atomic E-state index is 0.532. The summed E-state index contributed by atoms with van der Waals surface area (Å²) in [6, 6.07) is 0. The van der Waals surface area contributed by atoms with E-state index < -0.39 is 0 Å². The van der Waals surface area contributed by atoms with E-state index in [1.165, 1.54) is 22.4 Å². The molecular formula is C11H17N. The van der Waals surface area contributed by atoms with E-state index in [0.717, 1.165) is 0 Å². The van der Waals surface area contributed by atoms with Crippen molar-refractivity contribution in [1.29, 1.82) is 0 Å². The first-order valence-electron chi connectivity index (χ1n) is 4.46. The second-order valence-electron chi connectivity index (χ2n) is 3.73. The van der Waals surface area contributed by atoms with Gasteiger partial charge in [-0.3, -0.25) is 4.98 Å². The average molecular weight is 163 g/mol. The van der Waals surface area contributed by atoms with E-state index in [1.54, 1.807) is 0 Å². The van der Waals surface area contributed by atoms with Crippen LogP contribution in [0.2, 0.25) is 0 Å². The van der Waals surface area contributed by atoms with Crippen LogP contribution in [0.5, 0.6) is 0 Å². The summed E-state index contributed by atoms with van der Waals surface area (Å²) in [7, 11) is 0. The van der Waals surface area contributed by atoms with Gasteiger partial charge in [-0.05, 0) is 43.4 Å². The summed E-state index contributed by atoms with van der Waals surface area (Å²) in [5.41, 5.74) is 5.26. The van der Waals surface area contributed by atoms with E-state index in [9.17, 15) is 0 Å². The van der Waals surface area contributed by atoms with E-state index in [4.69, 9.17) is 0 Å². The molecule has 0 radical (unpaired) electrons. The Morgan fingerprint density at radius 1 is 1.08 bits per heavy atom. The fourth-order valence-electron chi connectivity index (χ4n) is 1.43. The molecule has 1 heterocycles. The maximum absolute atomic E-state index is 4.44. The fraction of sp³-hybridized carbons (Fsp3) is 0.545. The summed E-state index contributed by atoms with van der Waals surface area (Å²) in [6.07, 6.45) is 1.97. The van der Waals surface area contributed by atoms with Gasteiger partial charge in [-0.2, -0.15) is 0 Å². The average Bonchev–Trinajstić information content (AvgIpc) is 2.00. The number of nitrogens with zero attached hydrogens (tertiary/aromatic N) is 1. The molecule has 0 aromatic carbocycles. The number of aromatic nitrogens is 1. The third-order valence-electron chi connectivity index (χ3n) is 2.48. The van der Waals surface area contributed by atoms with Crippen molar-refractivity contribution in [3.05, 3.63) is 28.6 Å². The van der Waals surface area contributed by atoms with Crippen LogP contribution >= 0.6 is 0 Å². The van der Waals surface area contributed by atoms with E-state index in [-0.39, 0.29) is 0 Å². The number of hydrogen-bond donors (Lipinski definition) is 0. The highest BCUT2D eigenvalue weighted by molar-refractivity contribution is 5.34. The van der Waals surface area contributed by atoms with Crippen molar-refractivity contribution in [3.8, 4) is 0 Å². The summed E-state index contributed by atoms with van der Waals surface area (Å²) in [6.45, 7) is 10.8. The number of aryl methyl sites for hydroxylation is 1. The molecule has 1 aromatic rings. The molecule has 12 heavy (non-hydrogen) atoms. The van der Waals surface area contributed by atoms with Crippen LogP contribution in [0.25, 0.3) is 0 Å². The Labute approximate surface area is 74.8 Å². The van der Waals surface area contributed by atoms with Gasteiger partial charge in [-0.1, -0.05) is 13.8 Å². The molecule has 0 spiro atoms. The lowest BCUT2D eigenvalue weighted by Gasteiger charge is -2.12. The molecule has 0 N–H and O–H groups in total. The molecule has 1 rings (SSSR count). The number of pyridine rings is 1. The van der Waals surface area contributed by atoms with Gasteiger partial charge >= 0.3 is 0 Å². The first kappa shape index (κ1) is 9.24. The molecule has 0 aliphatic heterocycles. The Morgan fingerprint density at radius 2 is 1.67 bits per heavy atom. The van der Waals surface area contributed by atoms with Crippen LogP contribution in [0.4, 0.5) is 0 Å². The maximum Gasteiger partial charge on any atom is 0.0460 e. The second-order valence-corrected chi connectivity index (χ2v) is 3.73. The van der Waals surface area contributed by atoms with Crippen molar-refractivity contribution in [1.82, 2.24) is 4.98 Å². The normalized spacial score (nSPS) is 10.8. The summed E-state index contributed by atoms with van der Waals surface area (Å²) in [5, 5.41) is 0. The molecule has 0 fully saturated rings. The lowest BCUT2D eigenvalue weighted by molar-refractivity contribution is 0.805. The molecule has 1 heteroatoms. The van der Waals surface area contributed by atoms with Gasteiger partial charge in [0.15, 0.2) is 0 Å². The molecular weight excluding hydrogens is 146 g/mol. The standard InChI is InChI=1S/C11H17N/c1-7(2)11-10(5)9(4)8(3)6-12-11/h6-7H,1-5H3. The summed E-state index contributed by atoms with van der Waals surface area (Å²) in [5.74, 6) is 0.532. The molecule has 1 aromatic heterocycles. The van der Waals surface area contributed by atoms with Crippen LogP contribution in [-0.4, -0.2) is 4.98 Å². The zero-order valence-electron chi connectivity index (χ0n) is 8.60. The largest absolute Gasteiger partial charge is 0.260 e. The van der Waals surface area contributed by atoms with Gasteiger partial charge in [-0.25, -0.2) is 0 Å². The van der Waals surface area contributed by atoms with Crippen molar-refractivity contribution in [3.63, 3.8) is 0 Å². The molecule has 0 atom stereocenters. The minimum Gasteiger partial charge on any atom is -0.260 e. The Bertz CT molecular complexity index is 287. The second kappa shape index (κ2) is 3.26. The van der Waals surface area contributed by atoms with Gasteiger partial charge < -0.3 is 0 Å². The zero-order valence-corrected chi connectivity index (χ0v) is 8.60. The fourth-order valence-corrected chi connectivity index (χ4v) is 1.43. The Hall–Kier alpha value is -0.850. The van der Waals surface area contributed by atoms with Gasteiger partial charge in [0, 0.05) is 11.9 Å². The van der Waals surface area contributed by atoms with Crippen LogP contribution in [0.3, 0.4) is 0 Å². The smallest absolute Gasteiger partial charge is 0.0460 e. The summed E-state index contributed by atoms with van der Waals surface area (Å²) >= 11 is 0. The van der Waals surface area contributed by atoms with Crippen LogP contribution in [0.15, 0.2) is 6.20 Å². The lowest BCUT2D eigenvalue weighted by Crippen LogP contribution is -2.00. The highest BCUT2D eigenvalue weighted by Crippen LogP contribution is 2.20. The third kappa shape index (κ3) is 1.50. The molecule has 0 amide bonds. The minimum atomic E-state index is 0.532. The molecule has 66 valence electrons. The number of hydrogen-bond acceptors (Lipinski definition) is 1. The Kier molecular flexibility index (Phi) is 2.51. The van der Waals surface area contributed by atoms with E-state index in [1.807, 2.05) is 6.20 Å². The summed E-state index contributed by atoms with van der Waals surface area (Å²) < 4.78 is 0. The molecule has 0 bridgehead atoms. The van der Waals surface area contributed by atoms with Gasteiger partial charge in [0.25, 0.3) is 0 Å². The van der Waals surface area contributed by atoms with Crippen molar-refractivity contribution in [2.45, 2.75) is 40.5 Å². The van der Waals surface area contributed by atoms with Crippen molar-refractivity contribution >= 4 is 0 Å². The first-order chi connectivity index (χ1) is 5.54. The van der Waals surface area contributed by atoms with Gasteiger partial charge in [0.1, 0.15) is 0 Å². The monoisotopic (exact) mass is 163 g/mol. The summed E-state index contributed by atoms with van der Waals surface area (Å²) in [4.78, 5) is 4.44. The van der Waals surface area contributed by atoms with E-state index in [0.29, 0.717) is 5.92 Å². The first-order valence-corrected chi connectivity index (χ1v) is 4.46. The van der Waals surface area contributed by atoms with Crippen molar-refractivity contribution in [2.75, 3.05) is 0 Å². The highest BCUT2D eigenvalue weighted by Gasteiger charge is 2.07. The quantitative estimate of drug-likeness (QED) is 0.619. The molecule has 0 aliphatic carbocycles. The predicted octanol–water partition coefficient (Wildman–Crippen LogP) is 3.13. The highest BCUT2D eigenvalue weighted by atomic mass is 14.7.